The number of halogens is 1. The molecule has 0 aliphatic heterocycles. The Kier molecular flexibility index (Phi) is 3.84. The number of aromatic nitrogens is 1. The Labute approximate surface area is 104 Å². The lowest BCUT2D eigenvalue weighted by Gasteiger charge is -2.05. The normalized spacial score (nSPS) is 10.6. The van der Waals surface area contributed by atoms with Crippen molar-refractivity contribution < 1.29 is 13.9 Å². The van der Waals surface area contributed by atoms with Gasteiger partial charge < -0.3 is 10.1 Å². The highest BCUT2D eigenvalue weighted by atomic mass is 19.1. The van der Waals surface area contributed by atoms with Gasteiger partial charge in [0, 0.05) is 25.1 Å². The van der Waals surface area contributed by atoms with E-state index in [1.165, 1.54) is 12.1 Å². The summed E-state index contributed by atoms with van der Waals surface area (Å²) >= 11 is 0. The lowest BCUT2D eigenvalue weighted by Crippen LogP contribution is -2.27. The molecule has 0 saturated heterocycles. The molecular formula is C13H13FN2O2. The van der Waals surface area contributed by atoms with Crippen LogP contribution in [0.3, 0.4) is 0 Å². The number of carbonyl (C=O) groups is 1. The number of nitrogens with zero attached hydrogens (tertiary/aromatic N) is 1. The summed E-state index contributed by atoms with van der Waals surface area (Å²) in [5, 5.41) is 3.46. The third-order valence-corrected chi connectivity index (χ3v) is 2.48. The zero-order valence-electron chi connectivity index (χ0n) is 9.94. The molecule has 0 radical (unpaired) electrons. The maximum absolute atomic E-state index is 13.1. The van der Waals surface area contributed by atoms with Gasteiger partial charge in [-0.25, -0.2) is 9.37 Å². The number of nitrogens with one attached hydrogen (secondary N) is 1. The summed E-state index contributed by atoms with van der Waals surface area (Å²) in [7, 11) is 1.56. The maximum Gasteiger partial charge on any atom is 0.269 e. The number of hydrogen-bond donors (Lipinski definition) is 1. The van der Waals surface area contributed by atoms with Crippen LogP contribution in [0.4, 0.5) is 4.39 Å². The van der Waals surface area contributed by atoms with Crippen LogP contribution in [0.5, 0.6) is 0 Å². The molecular weight excluding hydrogens is 235 g/mol. The number of fused-ring (bicyclic) bond motifs is 1. The van der Waals surface area contributed by atoms with E-state index in [0.29, 0.717) is 18.7 Å². The first-order valence-electron chi connectivity index (χ1n) is 5.54. The highest BCUT2D eigenvalue weighted by molar-refractivity contribution is 5.94. The average Bonchev–Trinajstić information content (AvgIpc) is 2.38. The van der Waals surface area contributed by atoms with Crippen molar-refractivity contribution >= 4 is 16.8 Å². The largest absolute Gasteiger partial charge is 0.383 e. The summed E-state index contributed by atoms with van der Waals surface area (Å²) in [5.41, 5.74) is 0.735. The fraction of sp³-hybridized carbons (Fsp3) is 0.231. The average molecular weight is 248 g/mol. The zero-order valence-corrected chi connectivity index (χ0v) is 9.94. The van der Waals surface area contributed by atoms with Crippen LogP contribution in [0, 0.1) is 5.82 Å². The van der Waals surface area contributed by atoms with Gasteiger partial charge in [0.15, 0.2) is 0 Å². The first kappa shape index (κ1) is 12.4. The van der Waals surface area contributed by atoms with Gasteiger partial charge in [-0.1, -0.05) is 6.07 Å². The second-order valence-corrected chi connectivity index (χ2v) is 3.78. The smallest absolute Gasteiger partial charge is 0.269 e. The molecule has 1 heterocycles. The summed E-state index contributed by atoms with van der Waals surface area (Å²) in [5.74, 6) is -0.662. The number of ether oxygens (including phenoxy) is 1. The minimum absolute atomic E-state index is 0.268. The van der Waals surface area contributed by atoms with E-state index in [2.05, 4.69) is 10.3 Å². The SMILES string of the molecule is COCCNC(=O)c1ccc2ccc(F)cc2n1. The number of carbonyl (C=O) groups excluding carboxylic acids is 1. The lowest BCUT2D eigenvalue weighted by atomic mass is 10.2. The number of rotatable bonds is 4. The molecule has 0 fully saturated rings. The summed E-state index contributed by atoms with van der Waals surface area (Å²) in [6.07, 6.45) is 0. The Bertz CT molecular complexity index is 572. The van der Waals surface area contributed by atoms with Crippen LogP contribution >= 0.6 is 0 Å². The topological polar surface area (TPSA) is 51.2 Å². The Morgan fingerprint density at radius 2 is 2.17 bits per heavy atom. The monoisotopic (exact) mass is 248 g/mol. The van der Waals surface area contributed by atoms with E-state index in [0.717, 1.165) is 5.39 Å². The first-order chi connectivity index (χ1) is 8.70. The van der Waals surface area contributed by atoms with Crippen LogP contribution in [0.15, 0.2) is 30.3 Å². The van der Waals surface area contributed by atoms with Gasteiger partial charge in [0.2, 0.25) is 0 Å². The van der Waals surface area contributed by atoms with Crippen LogP contribution < -0.4 is 5.32 Å². The molecule has 0 unspecified atom stereocenters. The van der Waals surface area contributed by atoms with Crippen molar-refractivity contribution in [3.8, 4) is 0 Å². The van der Waals surface area contributed by atoms with Crippen LogP contribution in [0.25, 0.3) is 10.9 Å². The zero-order chi connectivity index (χ0) is 13.0. The standard InChI is InChI=1S/C13H13FN2O2/c1-18-7-6-15-13(17)11-5-3-9-2-4-10(14)8-12(9)16-11/h2-5,8H,6-7H2,1H3,(H,15,17). The number of benzene rings is 1. The second-order valence-electron chi connectivity index (χ2n) is 3.78. The number of hydrogen-bond acceptors (Lipinski definition) is 3. The fourth-order valence-electron chi connectivity index (χ4n) is 1.57. The van der Waals surface area contributed by atoms with Gasteiger partial charge in [-0.3, -0.25) is 4.79 Å². The number of pyridine rings is 1. The molecule has 5 heteroatoms. The van der Waals surface area contributed by atoms with Gasteiger partial charge >= 0.3 is 0 Å². The number of amides is 1. The van der Waals surface area contributed by atoms with Crippen LogP contribution in [0.1, 0.15) is 10.5 Å². The minimum atomic E-state index is -0.369. The van der Waals surface area contributed by atoms with Crippen molar-refractivity contribution in [1.82, 2.24) is 10.3 Å². The van der Waals surface area contributed by atoms with E-state index < -0.39 is 0 Å². The third-order valence-electron chi connectivity index (χ3n) is 2.48. The van der Waals surface area contributed by atoms with Crippen molar-refractivity contribution in [1.29, 1.82) is 0 Å². The van der Waals surface area contributed by atoms with Gasteiger partial charge in [0.1, 0.15) is 11.5 Å². The number of methoxy groups -OCH3 is 1. The Morgan fingerprint density at radius 3 is 2.94 bits per heavy atom. The molecule has 94 valence electrons. The lowest BCUT2D eigenvalue weighted by molar-refractivity contribution is 0.0932. The van der Waals surface area contributed by atoms with E-state index in [-0.39, 0.29) is 17.4 Å². The van der Waals surface area contributed by atoms with E-state index in [1.807, 2.05) is 0 Å². The van der Waals surface area contributed by atoms with Crippen LogP contribution in [0.2, 0.25) is 0 Å². The second kappa shape index (κ2) is 5.55. The molecule has 0 bridgehead atoms. The van der Waals surface area contributed by atoms with Crippen LogP contribution in [-0.2, 0) is 4.74 Å². The molecule has 1 aromatic carbocycles. The third kappa shape index (κ3) is 2.81. The quantitative estimate of drug-likeness (QED) is 0.839. The van der Waals surface area contributed by atoms with Gasteiger partial charge in [0.25, 0.3) is 5.91 Å². The molecule has 0 aliphatic carbocycles. The minimum Gasteiger partial charge on any atom is -0.383 e. The van der Waals surface area contributed by atoms with Gasteiger partial charge in [-0.05, 0) is 18.2 Å². The maximum atomic E-state index is 13.1. The molecule has 2 aromatic rings. The van der Waals surface area contributed by atoms with Gasteiger partial charge in [-0.2, -0.15) is 0 Å². The van der Waals surface area contributed by atoms with E-state index in [4.69, 9.17) is 4.74 Å². The summed E-state index contributed by atoms with van der Waals surface area (Å²) < 4.78 is 17.9. The van der Waals surface area contributed by atoms with Crippen molar-refractivity contribution in [3.05, 3.63) is 41.8 Å². The van der Waals surface area contributed by atoms with Crippen molar-refractivity contribution in [2.24, 2.45) is 0 Å². The van der Waals surface area contributed by atoms with Crippen molar-refractivity contribution in [3.63, 3.8) is 0 Å². The Morgan fingerprint density at radius 1 is 1.39 bits per heavy atom. The molecule has 1 N–H and O–H groups in total. The van der Waals surface area contributed by atoms with Crippen molar-refractivity contribution in [2.45, 2.75) is 0 Å². The molecule has 4 nitrogen and oxygen atoms in total. The van der Waals surface area contributed by atoms with Crippen LogP contribution in [-0.4, -0.2) is 31.2 Å². The highest BCUT2D eigenvalue weighted by Crippen LogP contribution is 2.13. The molecule has 2 rings (SSSR count). The molecule has 18 heavy (non-hydrogen) atoms. The van der Waals surface area contributed by atoms with Gasteiger partial charge in [0.05, 0.1) is 12.1 Å². The Hall–Kier alpha value is -2.01. The predicted molar refractivity (Wildman–Crippen MR) is 65.9 cm³/mol. The fourth-order valence-corrected chi connectivity index (χ4v) is 1.57. The summed E-state index contributed by atoms with van der Waals surface area (Å²) in [4.78, 5) is 15.8. The van der Waals surface area contributed by atoms with E-state index >= 15 is 0 Å². The van der Waals surface area contributed by atoms with Gasteiger partial charge in [-0.15, -0.1) is 0 Å². The molecule has 1 amide bonds. The summed E-state index contributed by atoms with van der Waals surface area (Å²) in [6, 6.07) is 7.66. The highest BCUT2D eigenvalue weighted by Gasteiger charge is 2.07. The predicted octanol–water partition coefficient (Wildman–Crippen LogP) is 1.75. The molecule has 0 atom stereocenters. The molecule has 0 spiro atoms. The first-order valence-corrected chi connectivity index (χ1v) is 5.54. The molecule has 0 aliphatic rings. The summed E-state index contributed by atoms with van der Waals surface area (Å²) in [6.45, 7) is 0.853. The Balaban J connectivity index is 2.21. The molecule has 0 saturated carbocycles. The van der Waals surface area contributed by atoms with E-state index in [9.17, 15) is 9.18 Å². The van der Waals surface area contributed by atoms with Crippen molar-refractivity contribution in [2.75, 3.05) is 20.3 Å². The molecule has 1 aromatic heterocycles. The van der Waals surface area contributed by atoms with E-state index in [1.54, 1.807) is 25.3 Å².